The van der Waals surface area contributed by atoms with Gasteiger partial charge in [0.25, 0.3) is 11.8 Å². The predicted octanol–water partition coefficient (Wildman–Crippen LogP) is 3.02. The van der Waals surface area contributed by atoms with E-state index in [0.29, 0.717) is 6.92 Å². The summed E-state index contributed by atoms with van der Waals surface area (Å²) in [7, 11) is 1.20. The number of fused-ring (bicyclic) bond motifs is 1. The van der Waals surface area contributed by atoms with Gasteiger partial charge in [0.15, 0.2) is 11.3 Å². The molecule has 3 atom stereocenters. The van der Waals surface area contributed by atoms with Crippen LogP contribution in [0.2, 0.25) is 0 Å². The molecule has 0 unspecified atom stereocenters. The van der Waals surface area contributed by atoms with Gasteiger partial charge in [-0.05, 0) is 40.7 Å². The van der Waals surface area contributed by atoms with Crippen molar-refractivity contribution in [2.75, 3.05) is 13.7 Å². The summed E-state index contributed by atoms with van der Waals surface area (Å²) in [6.07, 6.45) is -4.53. The Morgan fingerprint density at radius 3 is 2.51 bits per heavy atom. The van der Waals surface area contributed by atoms with E-state index in [0.717, 1.165) is 0 Å². The van der Waals surface area contributed by atoms with Crippen molar-refractivity contribution in [3.05, 3.63) is 41.1 Å². The highest BCUT2D eigenvalue weighted by Crippen LogP contribution is 2.42. The molecule has 0 spiro atoms. The predicted molar refractivity (Wildman–Crippen MR) is 143 cm³/mol. The van der Waals surface area contributed by atoms with Crippen molar-refractivity contribution in [3.63, 3.8) is 0 Å². The molecule has 0 radical (unpaired) electrons. The fourth-order valence-corrected chi connectivity index (χ4v) is 5.92. The minimum atomic E-state index is -4.79. The van der Waals surface area contributed by atoms with Crippen molar-refractivity contribution in [1.82, 2.24) is 40.9 Å². The summed E-state index contributed by atoms with van der Waals surface area (Å²) < 4.78 is 107. The van der Waals surface area contributed by atoms with Crippen LogP contribution in [0.25, 0.3) is 5.65 Å². The van der Waals surface area contributed by atoms with E-state index in [9.17, 15) is 45.1 Å². The van der Waals surface area contributed by atoms with Crippen molar-refractivity contribution < 1.29 is 54.5 Å². The van der Waals surface area contributed by atoms with Crippen molar-refractivity contribution >= 4 is 23.4 Å². The maximum absolute atomic E-state index is 14.0. The van der Waals surface area contributed by atoms with Gasteiger partial charge in [0.05, 0.1) is 24.1 Å². The van der Waals surface area contributed by atoms with E-state index in [1.807, 2.05) is 5.32 Å². The molecule has 4 heterocycles. The maximum atomic E-state index is 14.0. The number of halogens is 7. The zero-order valence-corrected chi connectivity index (χ0v) is 24.8. The number of ether oxygens (including phenoxy) is 1. The first-order valence-electron chi connectivity index (χ1n) is 14.3. The number of methoxy groups -OCH3 is 1. The third kappa shape index (κ3) is 7.31. The van der Waals surface area contributed by atoms with E-state index in [1.165, 1.54) is 30.1 Å². The minimum absolute atomic E-state index is 0.0580. The molecule has 5 rings (SSSR count). The Kier molecular flexibility index (Phi) is 8.93. The van der Waals surface area contributed by atoms with Gasteiger partial charge in [-0.25, -0.2) is 22.9 Å². The highest BCUT2D eigenvalue weighted by molar-refractivity contribution is 5.94. The number of nitrogens with zero attached hydrogens (tertiary/aromatic N) is 5. The van der Waals surface area contributed by atoms with Gasteiger partial charge in [-0.2, -0.15) is 27.1 Å². The average Bonchev–Trinajstić information content (AvgIpc) is 3.69. The first kappa shape index (κ1) is 34.0. The molecule has 20 heteroatoms. The maximum Gasteiger partial charge on any atom is 0.408 e. The molecule has 3 aromatic heterocycles. The Morgan fingerprint density at radius 2 is 1.89 bits per heavy atom. The van der Waals surface area contributed by atoms with Crippen molar-refractivity contribution in [3.8, 4) is 0 Å². The Balaban J connectivity index is 1.46. The number of carbonyl (C=O) groups excluding carboxylic acids is 3. The lowest BCUT2D eigenvalue weighted by molar-refractivity contribution is -0.155. The van der Waals surface area contributed by atoms with Crippen molar-refractivity contribution in [2.24, 2.45) is 5.92 Å². The third-order valence-corrected chi connectivity index (χ3v) is 8.20. The summed E-state index contributed by atoms with van der Waals surface area (Å²) in [5, 5.41) is 17.4. The lowest BCUT2D eigenvalue weighted by atomic mass is 9.81. The highest BCUT2D eigenvalue weighted by atomic mass is 19.4. The van der Waals surface area contributed by atoms with E-state index in [-0.39, 0.29) is 29.7 Å². The fraction of sp³-hybridized carbons (Fsp3) is 0.593. The number of hydrogen-bond acceptors (Lipinski definition) is 9. The van der Waals surface area contributed by atoms with Gasteiger partial charge in [-0.1, -0.05) is 0 Å². The molecule has 1 saturated carbocycles. The number of nitrogens with one attached hydrogen (secondary N) is 3. The zero-order valence-electron chi connectivity index (χ0n) is 24.8. The highest BCUT2D eigenvalue weighted by Gasteiger charge is 2.56. The molecule has 3 aromatic rings. The van der Waals surface area contributed by atoms with Crippen LogP contribution in [0, 0.1) is 5.92 Å². The fourth-order valence-electron chi connectivity index (χ4n) is 5.92. The standard InChI is InChI=1S/C27H29F7N8O5/c1-24(28,29)21-20(40-47-41-21)22(44)38-19(14-3-5-26(30,31)6-4-14)15-11-42-17(36-15)7-13(10-35-42)8-25(39-18(43)12-46-2)9-16(27(32,33)34)37-23(25)45/h7,10-11,14,16,19H,3-6,8-9,12H2,1-2H3,(H,37,45)(H,38,44)(H,39,43)/t16-,19-,25+/m0/s1. The number of carbonyl (C=O) groups is 3. The smallest absolute Gasteiger partial charge is 0.375 e. The van der Waals surface area contributed by atoms with Crippen LogP contribution in [-0.2, 0) is 26.7 Å². The zero-order chi connectivity index (χ0) is 34.4. The van der Waals surface area contributed by atoms with Gasteiger partial charge < -0.3 is 20.7 Å². The summed E-state index contributed by atoms with van der Waals surface area (Å²) in [5.74, 6) is -10.1. The Labute approximate surface area is 260 Å². The molecule has 1 saturated heterocycles. The topological polar surface area (TPSA) is 166 Å². The molecule has 2 fully saturated rings. The summed E-state index contributed by atoms with van der Waals surface area (Å²) in [5.41, 5.74) is -3.45. The van der Waals surface area contributed by atoms with Crippen LogP contribution in [0.1, 0.15) is 72.5 Å². The van der Waals surface area contributed by atoms with E-state index < -0.39 is 103 Å². The van der Waals surface area contributed by atoms with Crippen LogP contribution in [-0.4, -0.2) is 80.0 Å². The molecule has 256 valence electrons. The molecular formula is C27H29F7N8O5. The molecule has 1 aliphatic heterocycles. The summed E-state index contributed by atoms with van der Waals surface area (Å²) in [6.45, 7) is -0.0321. The van der Waals surface area contributed by atoms with E-state index in [1.54, 1.807) is 0 Å². The monoisotopic (exact) mass is 678 g/mol. The van der Waals surface area contributed by atoms with E-state index in [2.05, 4.69) is 35.7 Å². The van der Waals surface area contributed by atoms with E-state index >= 15 is 0 Å². The number of amides is 3. The van der Waals surface area contributed by atoms with Gasteiger partial charge in [-0.15, -0.1) is 0 Å². The normalized spacial score (nSPS) is 22.7. The van der Waals surface area contributed by atoms with Crippen LogP contribution < -0.4 is 16.0 Å². The van der Waals surface area contributed by atoms with Gasteiger partial charge in [-0.3, -0.25) is 14.4 Å². The van der Waals surface area contributed by atoms with Crippen LogP contribution in [0.3, 0.4) is 0 Å². The number of imidazole rings is 1. The number of rotatable bonds is 10. The Hall–Kier alpha value is -4.36. The van der Waals surface area contributed by atoms with E-state index in [4.69, 9.17) is 4.74 Å². The van der Waals surface area contributed by atoms with Gasteiger partial charge in [0, 0.05) is 39.7 Å². The Bertz CT molecular complexity index is 1650. The van der Waals surface area contributed by atoms with Crippen molar-refractivity contribution in [1.29, 1.82) is 0 Å². The molecule has 3 N–H and O–H groups in total. The number of alkyl halides is 7. The minimum Gasteiger partial charge on any atom is -0.375 e. The molecule has 0 bridgehead atoms. The number of aromatic nitrogens is 5. The van der Waals surface area contributed by atoms with Crippen molar-refractivity contribution in [2.45, 2.75) is 81.1 Å². The van der Waals surface area contributed by atoms with Gasteiger partial charge >= 0.3 is 6.18 Å². The first-order chi connectivity index (χ1) is 21.9. The summed E-state index contributed by atoms with van der Waals surface area (Å²) in [4.78, 5) is 42.8. The van der Waals surface area contributed by atoms with Crippen LogP contribution >= 0.6 is 0 Å². The molecule has 3 amide bonds. The Morgan fingerprint density at radius 1 is 1.19 bits per heavy atom. The van der Waals surface area contributed by atoms with Crippen LogP contribution in [0.5, 0.6) is 0 Å². The summed E-state index contributed by atoms with van der Waals surface area (Å²) in [6, 6.07) is -1.93. The van der Waals surface area contributed by atoms with Gasteiger partial charge in [0.1, 0.15) is 18.2 Å². The summed E-state index contributed by atoms with van der Waals surface area (Å²) >= 11 is 0. The molecule has 13 nitrogen and oxygen atoms in total. The molecule has 47 heavy (non-hydrogen) atoms. The van der Waals surface area contributed by atoms with Gasteiger partial charge in [0.2, 0.25) is 23.4 Å². The second-order valence-electron chi connectivity index (χ2n) is 11.8. The van der Waals surface area contributed by atoms with Crippen LogP contribution in [0.4, 0.5) is 30.7 Å². The molecule has 2 aliphatic rings. The largest absolute Gasteiger partial charge is 0.408 e. The molecule has 0 aromatic carbocycles. The third-order valence-electron chi connectivity index (χ3n) is 8.20. The second-order valence-corrected chi connectivity index (χ2v) is 11.8. The quantitative estimate of drug-likeness (QED) is 0.274. The SMILES string of the molecule is COCC(=O)N[C@]1(Cc2cnn3cc([C@@H](NC(=O)c4nonc4C(C)(F)F)C4CCC(F)(F)CC4)nc3c2)C[C@@H](C(F)(F)F)NC1=O. The second kappa shape index (κ2) is 12.3. The molecular weight excluding hydrogens is 649 g/mol. The average molecular weight is 679 g/mol. The lowest BCUT2D eigenvalue weighted by Gasteiger charge is -2.33. The van der Waals surface area contributed by atoms with Crippen LogP contribution in [0.15, 0.2) is 23.1 Å². The molecule has 1 aliphatic carbocycles. The first-order valence-corrected chi connectivity index (χ1v) is 14.3. The number of hydrogen-bond donors (Lipinski definition) is 3. The lowest BCUT2D eigenvalue weighted by Crippen LogP contribution is -2.56.